The highest BCUT2D eigenvalue weighted by atomic mass is 16.4. The molecule has 1 unspecified atom stereocenters. The van der Waals surface area contributed by atoms with E-state index in [2.05, 4.69) is 22.0 Å². The highest BCUT2D eigenvalue weighted by molar-refractivity contribution is 5.78. The molecule has 0 amide bonds. The number of anilines is 1. The smallest absolute Gasteiger partial charge is 0.326 e. The monoisotopic (exact) mass is 325 g/mol. The van der Waals surface area contributed by atoms with Crippen molar-refractivity contribution in [2.45, 2.75) is 18.5 Å². The predicted octanol–water partition coefficient (Wildman–Crippen LogP) is 2.03. The van der Waals surface area contributed by atoms with E-state index in [1.807, 2.05) is 48.5 Å². The lowest BCUT2D eigenvalue weighted by Gasteiger charge is -2.28. The van der Waals surface area contributed by atoms with E-state index in [-0.39, 0.29) is 6.04 Å². The zero-order valence-corrected chi connectivity index (χ0v) is 13.5. The molecule has 1 fully saturated rings. The number of carboxylic acids is 1. The summed E-state index contributed by atoms with van der Waals surface area (Å²) >= 11 is 0. The summed E-state index contributed by atoms with van der Waals surface area (Å²) in [6.45, 7) is 2.71. The van der Waals surface area contributed by atoms with E-state index in [1.54, 1.807) is 0 Å². The number of rotatable bonds is 6. The molecule has 0 aliphatic carbocycles. The molecule has 2 atom stereocenters. The molecule has 2 aromatic carbocycles. The average Bonchev–Trinajstić information content (AvgIpc) is 2.63. The molecule has 24 heavy (non-hydrogen) atoms. The van der Waals surface area contributed by atoms with Crippen molar-refractivity contribution in [1.29, 1.82) is 0 Å². The van der Waals surface area contributed by atoms with Crippen LogP contribution in [0.25, 0.3) is 0 Å². The van der Waals surface area contributed by atoms with Gasteiger partial charge in [-0.2, -0.15) is 0 Å². The number of carboxylic acid groups (broad SMARTS) is 1. The van der Waals surface area contributed by atoms with Gasteiger partial charge in [-0.1, -0.05) is 48.5 Å². The van der Waals surface area contributed by atoms with E-state index in [4.69, 9.17) is 0 Å². The van der Waals surface area contributed by atoms with E-state index in [1.165, 1.54) is 0 Å². The second-order valence-corrected chi connectivity index (χ2v) is 6.02. The second-order valence-electron chi connectivity index (χ2n) is 6.02. The van der Waals surface area contributed by atoms with Gasteiger partial charge in [0.15, 0.2) is 0 Å². The number of hydrogen-bond acceptors (Lipinski definition) is 4. The predicted molar refractivity (Wildman–Crippen MR) is 95.2 cm³/mol. The van der Waals surface area contributed by atoms with Gasteiger partial charge in [0.05, 0.1) is 0 Å². The second kappa shape index (κ2) is 7.95. The molecule has 0 spiro atoms. The molecular weight excluding hydrogens is 302 g/mol. The molecule has 3 rings (SSSR count). The van der Waals surface area contributed by atoms with Crippen LogP contribution in [0, 0.1) is 0 Å². The third-order valence-corrected chi connectivity index (χ3v) is 4.29. The van der Waals surface area contributed by atoms with E-state index in [0.29, 0.717) is 6.42 Å². The number of aliphatic carboxylic acids is 1. The molecule has 0 radical (unpaired) electrons. The Kier molecular flexibility index (Phi) is 5.46. The van der Waals surface area contributed by atoms with Crippen molar-refractivity contribution in [3.05, 3.63) is 65.7 Å². The molecule has 1 saturated heterocycles. The van der Waals surface area contributed by atoms with Crippen LogP contribution < -0.4 is 16.0 Å². The van der Waals surface area contributed by atoms with Crippen LogP contribution in [0.1, 0.15) is 17.2 Å². The Labute approximate surface area is 142 Å². The Morgan fingerprint density at radius 2 is 1.88 bits per heavy atom. The van der Waals surface area contributed by atoms with Gasteiger partial charge in [0.2, 0.25) is 0 Å². The summed E-state index contributed by atoms with van der Waals surface area (Å²) in [5.74, 6) is -0.844. The summed E-state index contributed by atoms with van der Waals surface area (Å²) in [5, 5.41) is 19.7. The Morgan fingerprint density at radius 1 is 1.12 bits per heavy atom. The van der Waals surface area contributed by atoms with Crippen LogP contribution in [-0.2, 0) is 11.2 Å². The van der Waals surface area contributed by atoms with Gasteiger partial charge in [-0.3, -0.25) is 0 Å². The molecule has 2 aromatic rings. The van der Waals surface area contributed by atoms with Gasteiger partial charge in [0.25, 0.3) is 0 Å². The summed E-state index contributed by atoms with van der Waals surface area (Å²) in [4.78, 5) is 11.7. The van der Waals surface area contributed by atoms with Crippen molar-refractivity contribution in [3.8, 4) is 0 Å². The van der Waals surface area contributed by atoms with Gasteiger partial charge in [-0.25, -0.2) is 4.79 Å². The summed E-state index contributed by atoms with van der Waals surface area (Å²) in [6.07, 6.45) is 0.445. The lowest BCUT2D eigenvalue weighted by atomic mass is 10.0. The first-order chi connectivity index (χ1) is 11.7. The molecule has 5 heteroatoms. The first-order valence-corrected chi connectivity index (χ1v) is 8.30. The Morgan fingerprint density at radius 3 is 2.58 bits per heavy atom. The largest absolute Gasteiger partial charge is 0.480 e. The quantitative estimate of drug-likeness (QED) is 0.654. The van der Waals surface area contributed by atoms with Crippen LogP contribution in [-0.4, -0.2) is 36.8 Å². The first-order valence-electron chi connectivity index (χ1n) is 8.30. The summed E-state index contributed by atoms with van der Waals surface area (Å²) in [7, 11) is 0. The van der Waals surface area contributed by atoms with E-state index in [9.17, 15) is 9.90 Å². The Bertz CT molecular complexity index is 669. The van der Waals surface area contributed by atoms with E-state index < -0.39 is 12.0 Å². The fourth-order valence-corrected chi connectivity index (χ4v) is 3.04. The minimum Gasteiger partial charge on any atom is -0.480 e. The van der Waals surface area contributed by atoms with Crippen molar-refractivity contribution >= 4 is 11.7 Å². The number of hydrogen-bond donors (Lipinski definition) is 4. The molecule has 5 nitrogen and oxygen atoms in total. The van der Waals surface area contributed by atoms with Crippen LogP contribution in [0.5, 0.6) is 0 Å². The third kappa shape index (κ3) is 4.13. The number of para-hydroxylation sites is 1. The van der Waals surface area contributed by atoms with Gasteiger partial charge >= 0.3 is 5.97 Å². The van der Waals surface area contributed by atoms with Crippen LogP contribution in [0.15, 0.2) is 54.6 Å². The van der Waals surface area contributed by atoms with Crippen LogP contribution in [0.4, 0.5) is 5.69 Å². The molecule has 0 bridgehead atoms. The number of nitrogens with one attached hydrogen (secondary N) is 3. The maximum atomic E-state index is 11.7. The Balaban J connectivity index is 1.78. The van der Waals surface area contributed by atoms with Crippen LogP contribution in [0.2, 0.25) is 0 Å². The molecule has 1 aliphatic heterocycles. The van der Waals surface area contributed by atoms with Crippen LogP contribution >= 0.6 is 0 Å². The first kappa shape index (κ1) is 16.5. The SMILES string of the molecule is O=C(O)[C@@H](Cc1ccccc1)Nc1ccccc1C1CNCCN1. The normalized spacial score (nSPS) is 18.8. The maximum absolute atomic E-state index is 11.7. The van der Waals surface area contributed by atoms with Gasteiger partial charge in [0.1, 0.15) is 6.04 Å². The van der Waals surface area contributed by atoms with Gasteiger partial charge < -0.3 is 21.1 Å². The molecule has 126 valence electrons. The summed E-state index contributed by atoms with van der Waals surface area (Å²) in [5.41, 5.74) is 2.98. The standard InChI is InChI=1S/C19H23N3O2/c23-19(24)17(12-14-6-2-1-3-7-14)22-16-9-5-4-8-15(16)18-13-20-10-11-21-18/h1-9,17-18,20-22H,10-13H2,(H,23,24)/t17-,18?/m1/s1. The van der Waals surface area contributed by atoms with Crippen LogP contribution in [0.3, 0.4) is 0 Å². The maximum Gasteiger partial charge on any atom is 0.326 e. The van der Waals surface area contributed by atoms with E-state index >= 15 is 0 Å². The van der Waals surface area contributed by atoms with Crippen molar-refractivity contribution in [2.24, 2.45) is 0 Å². The molecular formula is C19H23N3O2. The zero-order valence-electron chi connectivity index (χ0n) is 13.5. The topological polar surface area (TPSA) is 73.4 Å². The van der Waals surface area contributed by atoms with E-state index in [0.717, 1.165) is 36.4 Å². The number of benzene rings is 2. The average molecular weight is 325 g/mol. The molecule has 0 saturated carbocycles. The van der Waals surface area contributed by atoms with Gasteiger partial charge in [0, 0.05) is 37.8 Å². The van der Waals surface area contributed by atoms with Gasteiger partial charge in [-0.15, -0.1) is 0 Å². The lowest BCUT2D eigenvalue weighted by molar-refractivity contribution is -0.137. The molecule has 4 N–H and O–H groups in total. The summed E-state index contributed by atoms with van der Waals surface area (Å²) < 4.78 is 0. The highest BCUT2D eigenvalue weighted by Gasteiger charge is 2.22. The number of piperazine rings is 1. The van der Waals surface area contributed by atoms with Gasteiger partial charge in [-0.05, 0) is 17.2 Å². The third-order valence-electron chi connectivity index (χ3n) is 4.29. The van der Waals surface area contributed by atoms with Crippen molar-refractivity contribution < 1.29 is 9.90 Å². The zero-order chi connectivity index (χ0) is 16.8. The van der Waals surface area contributed by atoms with Crippen molar-refractivity contribution in [2.75, 3.05) is 25.0 Å². The van der Waals surface area contributed by atoms with Crippen molar-refractivity contribution in [1.82, 2.24) is 10.6 Å². The molecule has 1 heterocycles. The molecule has 1 aliphatic rings. The number of carbonyl (C=O) groups is 1. The van der Waals surface area contributed by atoms with Crippen molar-refractivity contribution in [3.63, 3.8) is 0 Å². The Hall–Kier alpha value is -2.37. The highest BCUT2D eigenvalue weighted by Crippen LogP contribution is 2.24. The molecule has 0 aromatic heterocycles. The lowest BCUT2D eigenvalue weighted by Crippen LogP contribution is -2.43. The fourth-order valence-electron chi connectivity index (χ4n) is 3.04. The minimum absolute atomic E-state index is 0.189. The summed E-state index contributed by atoms with van der Waals surface area (Å²) in [6, 6.07) is 17.2. The fraction of sp³-hybridized carbons (Fsp3) is 0.316. The minimum atomic E-state index is -0.844.